The van der Waals surface area contributed by atoms with Gasteiger partial charge < -0.3 is 9.64 Å². The molecule has 0 atom stereocenters. The van der Waals surface area contributed by atoms with Gasteiger partial charge in [-0.3, -0.25) is 4.98 Å². The average molecular weight is 387 g/mol. The molecule has 2 aromatic carbocycles. The first-order valence-electron chi connectivity index (χ1n) is 10.2. The van der Waals surface area contributed by atoms with Gasteiger partial charge in [-0.25, -0.2) is 0 Å². The molecule has 3 aromatic rings. The van der Waals surface area contributed by atoms with E-state index in [1.165, 1.54) is 11.1 Å². The minimum absolute atomic E-state index is 0.0595. The fraction of sp³-hybridized carbons (Fsp3) is 0.346. The van der Waals surface area contributed by atoms with Crippen LogP contribution in [0, 0.1) is 6.92 Å². The molecule has 0 saturated carbocycles. The van der Waals surface area contributed by atoms with Crippen LogP contribution in [0.1, 0.15) is 58.4 Å². The lowest BCUT2D eigenvalue weighted by atomic mass is 9.86. The number of fused-ring (bicyclic) bond motifs is 2. The van der Waals surface area contributed by atoms with Crippen molar-refractivity contribution in [3.05, 3.63) is 71.5 Å². The maximum Gasteiger partial charge on any atom is 0.151 e. The Morgan fingerprint density at radius 2 is 1.24 bits per heavy atom. The Hall–Kier alpha value is -2.81. The molecule has 3 heteroatoms. The number of hydrogen-bond donors (Lipinski definition) is 0. The zero-order chi connectivity index (χ0) is 21.0. The molecule has 4 rings (SSSR count). The van der Waals surface area contributed by atoms with Gasteiger partial charge in [0, 0.05) is 17.6 Å². The van der Waals surface area contributed by atoms with Crippen molar-refractivity contribution in [3.8, 4) is 11.5 Å². The highest BCUT2D eigenvalue weighted by atomic mass is 16.5. The number of pyridine rings is 1. The second kappa shape index (κ2) is 6.62. The Balaban J connectivity index is 1.93. The Morgan fingerprint density at radius 1 is 0.724 bits per heavy atom. The molecule has 2 heterocycles. The number of aryl methyl sites for hydroxylation is 1. The van der Waals surface area contributed by atoms with E-state index in [0.717, 1.165) is 34.3 Å². The third kappa shape index (κ3) is 3.62. The summed E-state index contributed by atoms with van der Waals surface area (Å²) in [6, 6.07) is 17.3. The van der Waals surface area contributed by atoms with Gasteiger partial charge in [-0.05, 0) is 65.3 Å². The van der Waals surface area contributed by atoms with E-state index in [4.69, 9.17) is 4.74 Å². The molecule has 0 fully saturated rings. The minimum Gasteiger partial charge on any atom is -0.453 e. The van der Waals surface area contributed by atoms with Crippen LogP contribution in [0.4, 0.5) is 17.1 Å². The second-order valence-corrected chi connectivity index (χ2v) is 9.96. The fourth-order valence-corrected chi connectivity index (χ4v) is 3.69. The number of hydrogen-bond acceptors (Lipinski definition) is 3. The number of nitrogens with zero attached hydrogens (tertiary/aromatic N) is 2. The summed E-state index contributed by atoms with van der Waals surface area (Å²) in [4.78, 5) is 6.66. The Labute approximate surface area is 174 Å². The van der Waals surface area contributed by atoms with Crippen LogP contribution in [-0.2, 0) is 10.8 Å². The van der Waals surface area contributed by atoms with E-state index in [-0.39, 0.29) is 10.8 Å². The van der Waals surface area contributed by atoms with Crippen LogP contribution in [-0.4, -0.2) is 4.98 Å². The smallest absolute Gasteiger partial charge is 0.151 e. The highest BCUT2D eigenvalue weighted by molar-refractivity contribution is 5.86. The zero-order valence-electron chi connectivity index (χ0n) is 18.5. The van der Waals surface area contributed by atoms with Crippen LogP contribution in [0.15, 0.2) is 54.7 Å². The van der Waals surface area contributed by atoms with Crippen molar-refractivity contribution in [2.24, 2.45) is 0 Å². The van der Waals surface area contributed by atoms with Crippen molar-refractivity contribution in [1.82, 2.24) is 4.98 Å². The molecule has 0 aliphatic carbocycles. The summed E-state index contributed by atoms with van der Waals surface area (Å²) in [5.74, 6) is 1.79. The van der Waals surface area contributed by atoms with Crippen LogP contribution >= 0.6 is 0 Å². The van der Waals surface area contributed by atoms with Crippen molar-refractivity contribution in [2.45, 2.75) is 59.3 Å². The summed E-state index contributed by atoms with van der Waals surface area (Å²) in [6.07, 6.45) is 1.87. The van der Waals surface area contributed by atoms with Crippen molar-refractivity contribution in [2.75, 3.05) is 4.90 Å². The maximum atomic E-state index is 6.47. The Morgan fingerprint density at radius 3 is 1.69 bits per heavy atom. The summed E-state index contributed by atoms with van der Waals surface area (Å²) < 4.78 is 6.47. The van der Waals surface area contributed by atoms with Gasteiger partial charge in [0.05, 0.1) is 11.4 Å². The van der Waals surface area contributed by atoms with Crippen LogP contribution in [0.2, 0.25) is 0 Å². The van der Waals surface area contributed by atoms with Crippen molar-refractivity contribution in [1.29, 1.82) is 0 Å². The summed E-state index contributed by atoms with van der Waals surface area (Å²) in [7, 11) is 0. The summed E-state index contributed by atoms with van der Waals surface area (Å²) >= 11 is 0. The van der Waals surface area contributed by atoms with E-state index in [1.54, 1.807) is 0 Å². The Kier molecular flexibility index (Phi) is 4.45. The van der Waals surface area contributed by atoms with Gasteiger partial charge in [-0.15, -0.1) is 0 Å². The van der Waals surface area contributed by atoms with Crippen LogP contribution in [0.5, 0.6) is 11.5 Å². The molecule has 0 saturated heterocycles. The van der Waals surface area contributed by atoms with Gasteiger partial charge in [-0.1, -0.05) is 53.7 Å². The lowest BCUT2D eigenvalue weighted by molar-refractivity contribution is 0.469. The monoisotopic (exact) mass is 386 g/mol. The first-order chi connectivity index (χ1) is 13.5. The van der Waals surface area contributed by atoms with E-state index in [9.17, 15) is 0 Å². The highest BCUT2D eigenvalue weighted by Crippen LogP contribution is 2.52. The standard InChI is InChI=1S/C26H30N2O/c1-17-14-20(12-13-27-17)28-21-10-8-18(25(2,3)4)15-23(21)29-24-16-19(26(5,6)7)9-11-22(24)28/h8-16H,1-7H3. The number of rotatable bonds is 1. The minimum atomic E-state index is 0.0595. The van der Waals surface area contributed by atoms with E-state index in [1.807, 2.05) is 13.1 Å². The van der Waals surface area contributed by atoms with Gasteiger partial charge >= 0.3 is 0 Å². The molecule has 0 bridgehead atoms. The van der Waals surface area contributed by atoms with E-state index < -0.39 is 0 Å². The molecule has 150 valence electrons. The quantitative estimate of drug-likeness (QED) is 0.337. The van der Waals surface area contributed by atoms with Gasteiger partial charge in [0.2, 0.25) is 0 Å². The molecule has 0 N–H and O–H groups in total. The van der Waals surface area contributed by atoms with E-state index in [0.29, 0.717) is 0 Å². The second-order valence-electron chi connectivity index (χ2n) is 9.96. The number of ether oxygens (including phenoxy) is 1. The van der Waals surface area contributed by atoms with Crippen LogP contribution < -0.4 is 9.64 Å². The molecular formula is C26H30N2O. The van der Waals surface area contributed by atoms with Crippen LogP contribution in [0.3, 0.4) is 0 Å². The topological polar surface area (TPSA) is 25.4 Å². The van der Waals surface area contributed by atoms with Gasteiger partial charge in [0.25, 0.3) is 0 Å². The number of aromatic nitrogens is 1. The Bertz CT molecular complexity index is 1010. The normalized spacial score (nSPS) is 13.6. The molecule has 29 heavy (non-hydrogen) atoms. The molecule has 0 unspecified atom stereocenters. The first-order valence-corrected chi connectivity index (χ1v) is 10.2. The summed E-state index contributed by atoms with van der Waals surface area (Å²) in [5, 5.41) is 0. The van der Waals surface area contributed by atoms with Crippen molar-refractivity contribution >= 4 is 17.1 Å². The average Bonchev–Trinajstić information content (AvgIpc) is 2.63. The van der Waals surface area contributed by atoms with Gasteiger partial charge in [0.15, 0.2) is 11.5 Å². The third-order valence-corrected chi connectivity index (χ3v) is 5.49. The van der Waals surface area contributed by atoms with E-state index >= 15 is 0 Å². The molecule has 1 aliphatic rings. The molecule has 1 aromatic heterocycles. The first kappa shape index (κ1) is 19.5. The fourth-order valence-electron chi connectivity index (χ4n) is 3.69. The highest BCUT2D eigenvalue weighted by Gasteiger charge is 2.29. The third-order valence-electron chi connectivity index (χ3n) is 5.49. The molecular weight excluding hydrogens is 356 g/mol. The van der Waals surface area contributed by atoms with E-state index in [2.05, 4.69) is 100.0 Å². The maximum absolute atomic E-state index is 6.47. The largest absolute Gasteiger partial charge is 0.453 e. The molecule has 0 amide bonds. The zero-order valence-corrected chi connectivity index (χ0v) is 18.5. The van der Waals surface area contributed by atoms with Gasteiger partial charge in [0.1, 0.15) is 0 Å². The lowest BCUT2D eigenvalue weighted by Crippen LogP contribution is -2.19. The SMILES string of the molecule is Cc1cc(N2c3ccc(C(C)(C)C)cc3Oc3cc(C(C)(C)C)ccc32)ccn1. The lowest BCUT2D eigenvalue weighted by Gasteiger charge is -2.35. The molecule has 1 aliphatic heterocycles. The van der Waals surface area contributed by atoms with Crippen molar-refractivity contribution in [3.63, 3.8) is 0 Å². The summed E-state index contributed by atoms with van der Waals surface area (Å²) in [6.45, 7) is 15.4. The molecule has 3 nitrogen and oxygen atoms in total. The predicted octanol–water partition coefficient (Wildman–Crippen LogP) is 7.56. The predicted molar refractivity (Wildman–Crippen MR) is 121 cm³/mol. The number of benzene rings is 2. The van der Waals surface area contributed by atoms with Crippen molar-refractivity contribution < 1.29 is 4.74 Å². The van der Waals surface area contributed by atoms with Gasteiger partial charge in [-0.2, -0.15) is 0 Å². The molecule has 0 spiro atoms. The van der Waals surface area contributed by atoms with Crippen LogP contribution in [0.25, 0.3) is 0 Å². The molecule has 0 radical (unpaired) electrons. The number of anilines is 3. The summed E-state index contributed by atoms with van der Waals surface area (Å²) in [5.41, 5.74) is 6.84.